The first-order valence-electron chi connectivity index (χ1n) is 8.79. The molecule has 2 aromatic carbocycles. The Hall–Kier alpha value is -3.18. The zero-order valence-electron chi connectivity index (χ0n) is 15.4. The summed E-state index contributed by atoms with van der Waals surface area (Å²) in [5.74, 6) is 0.309. The van der Waals surface area contributed by atoms with E-state index >= 15 is 0 Å². The molecule has 0 saturated heterocycles. The van der Waals surface area contributed by atoms with Crippen molar-refractivity contribution >= 4 is 45.7 Å². The first kappa shape index (κ1) is 20.1. The molecule has 1 aliphatic heterocycles. The number of rotatable bonds is 6. The molecule has 0 radical (unpaired) electrons. The van der Waals surface area contributed by atoms with Gasteiger partial charge < -0.3 is 14.8 Å². The zero-order chi connectivity index (χ0) is 20.9. The first-order chi connectivity index (χ1) is 14.6. The van der Waals surface area contributed by atoms with Gasteiger partial charge in [-0.05, 0) is 36.4 Å². The van der Waals surface area contributed by atoms with Crippen LogP contribution < -0.4 is 20.1 Å². The molecule has 30 heavy (non-hydrogen) atoms. The van der Waals surface area contributed by atoms with Crippen LogP contribution in [0.4, 0.5) is 15.2 Å². The molecule has 0 unspecified atom stereocenters. The summed E-state index contributed by atoms with van der Waals surface area (Å²) >= 11 is 2.34. The lowest BCUT2D eigenvalue weighted by Gasteiger charge is -2.18. The maximum Gasteiger partial charge on any atom is 0.257 e. The van der Waals surface area contributed by atoms with Gasteiger partial charge in [-0.3, -0.25) is 14.9 Å². The lowest BCUT2D eigenvalue weighted by Crippen LogP contribution is -2.17. The van der Waals surface area contributed by atoms with Crippen molar-refractivity contribution in [2.24, 2.45) is 0 Å². The number of carbonyl (C=O) groups excluding carboxylic acids is 2. The third-order valence-corrected chi connectivity index (χ3v) is 5.86. The van der Waals surface area contributed by atoms with Crippen LogP contribution in [0.5, 0.6) is 11.5 Å². The summed E-state index contributed by atoms with van der Waals surface area (Å²) in [4.78, 5) is 24.3. The molecule has 3 aromatic rings. The van der Waals surface area contributed by atoms with Crippen LogP contribution in [0.25, 0.3) is 0 Å². The summed E-state index contributed by atoms with van der Waals surface area (Å²) < 4.78 is 24.4. The third kappa shape index (κ3) is 5.05. The van der Waals surface area contributed by atoms with Crippen LogP contribution in [0, 0.1) is 5.82 Å². The second-order valence-electron chi connectivity index (χ2n) is 6.03. The van der Waals surface area contributed by atoms with Crippen LogP contribution in [-0.2, 0) is 4.79 Å². The molecule has 0 bridgehead atoms. The van der Waals surface area contributed by atoms with E-state index < -0.39 is 11.7 Å². The van der Waals surface area contributed by atoms with Crippen molar-refractivity contribution in [1.29, 1.82) is 0 Å². The zero-order valence-corrected chi connectivity index (χ0v) is 17.0. The summed E-state index contributed by atoms with van der Waals surface area (Å²) in [5, 5.41) is 13.5. The van der Waals surface area contributed by atoms with Gasteiger partial charge in [-0.25, -0.2) is 4.39 Å². The predicted molar refractivity (Wildman–Crippen MR) is 111 cm³/mol. The van der Waals surface area contributed by atoms with Crippen LogP contribution in [0.1, 0.15) is 10.4 Å². The number of fused-ring (bicyclic) bond motifs is 1. The third-order valence-electron chi connectivity index (χ3n) is 3.89. The van der Waals surface area contributed by atoms with E-state index in [0.29, 0.717) is 45.4 Å². The van der Waals surface area contributed by atoms with Crippen molar-refractivity contribution < 1.29 is 23.5 Å². The van der Waals surface area contributed by atoms with Gasteiger partial charge in [0.25, 0.3) is 5.91 Å². The Morgan fingerprint density at radius 1 is 1.03 bits per heavy atom. The number of hydrogen-bond donors (Lipinski definition) is 2. The summed E-state index contributed by atoms with van der Waals surface area (Å²) in [5.41, 5.74) is 0.911. The second-order valence-corrected chi connectivity index (χ2v) is 8.23. The molecule has 0 spiro atoms. The summed E-state index contributed by atoms with van der Waals surface area (Å²) in [7, 11) is 0. The van der Waals surface area contributed by atoms with Gasteiger partial charge in [0.1, 0.15) is 19.0 Å². The van der Waals surface area contributed by atoms with Crippen LogP contribution in [0.3, 0.4) is 0 Å². The molecule has 8 nitrogen and oxygen atoms in total. The first-order valence-corrected chi connectivity index (χ1v) is 10.6. The number of ether oxygens (including phenoxy) is 2. The Kier molecular flexibility index (Phi) is 6.10. The van der Waals surface area contributed by atoms with E-state index in [0.717, 1.165) is 11.3 Å². The molecule has 0 aliphatic carbocycles. The van der Waals surface area contributed by atoms with E-state index in [1.54, 1.807) is 18.2 Å². The SMILES string of the molecule is O=C(CSc1nnc(NC(=O)c2ccc(F)cc2)s1)Nc1ccc2c(c1)OCCO2. The van der Waals surface area contributed by atoms with E-state index in [4.69, 9.17) is 9.47 Å². The Bertz CT molecular complexity index is 1070. The van der Waals surface area contributed by atoms with Crippen LogP contribution in [0.15, 0.2) is 46.8 Å². The maximum atomic E-state index is 12.9. The lowest BCUT2D eigenvalue weighted by atomic mass is 10.2. The van der Waals surface area contributed by atoms with E-state index in [9.17, 15) is 14.0 Å². The number of nitrogens with zero attached hydrogens (tertiary/aromatic N) is 2. The molecule has 2 N–H and O–H groups in total. The average molecular weight is 446 g/mol. The smallest absolute Gasteiger partial charge is 0.257 e. The standard InChI is InChI=1S/C19H15FN4O4S2/c20-12-3-1-11(2-4-12)17(26)22-18-23-24-19(30-18)29-10-16(25)21-13-5-6-14-15(9-13)28-8-7-27-14/h1-6,9H,7-8,10H2,(H,21,25)(H,22,23,26). The van der Waals surface area contributed by atoms with E-state index in [-0.39, 0.29) is 11.7 Å². The van der Waals surface area contributed by atoms with Crippen LogP contribution >= 0.6 is 23.1 Å². The van der Waals surface area contributed by atoms with Gasteiger partial charge >= 0.3 is 0 Å². The molecule has 11 heteroatoms. The van der Waals surface area contributed by atoms with E-state index in [2.05, 4.69) is 20.8 Å². The highest BCUT2D eigenvalue weighted by Gasteiger charge is 2.14. The Morgan fingerprint density at radius 2 is 1.80 bits per heavy atom. The number of halogens is 1. The van der Waals surface area contributed by atoms with Crippen molar-refractivity contribution in [3.63, 3.8) is 0 Å². The number of benzene rings is 2. The predicted octanol–water partition coefficient (Wildman–Crippen LogP) is 3.43. The lowest BCUT2D eigenvalue weighted by molar-refractivity contribution is -0.113. The summed E-state index contributed by atoms with van der Waals surface area (Å²) in [6, 6.07) is 10.4. The van der Waals surface area contributed by atoms with Crippen molar-refractivity contribution in [3.05, 3.63) is 53.8 Å². The molecular weight excluding hydrogens is 431 g/mol. The average Bonchev–Trinajstić information content (AvgIpc) is 3.20. The molecule has 0 atom stereocenters. The van der Waals surface area contributed by atoms with Gasteiger partial charge in [0.05, 0.1) is 5.75 Å². The van der Waals surface area contributed by atoms with E-state index in [1.165, 1.54) is 36.0 Å². The van der Waals surface area contributed by atoms with Crippen LogP contribution in [-0.4, -0.2) is 41.0 Å². The van der Waals surface area contributed by atoms with E-state index in [1.807, 2.05) is 0 Å². The normalized spacial score (nSPS) is 12.3. The maximum absolute atomic E-state index is 12.9. The summed E-state index contributed by atoms with van der Waals surface area (Å²) in [6.07, 6.45) is 0. The Morgan fingerprint density at radius 3 is 2.60 bits per heavy atom. The number of nitrogens with one attached hydrogen (secondary N) is 2. The largest absolute Gasteiger partial charge is 0.486 e. The molecule has 0 saturated carbocycles. The molecular formula is C19H15FN4O4S2. The number of amides is 2. The molecule has 1 aliphatic rings. The molecule has 0 fully saturated rings. The van der Waals surface area contributed by atoms with Crippen molar-refractivity contribution in [2.45, 2.75) is 4.34 Å². The minimum Gasteiger partial charge on any atom is -0.486 e. The molecule has 154 valence electrons. The molecule has 2 heterocycles. The van der Waals surface area contributed by atoms with Gasteiger partial charge in [-0.2, -0.15) is 0 Å². The van der Waals surface area contributed by atoms with Crippen LogP contribution in [0.2, 0.25) is 0 Å². The molecule has 1 aromatic heterocycles. The number of carbonyl (C=O) groups is 2. The molecule has 4 rings (SSSR count). The highest BCUT2D eigenvalue weighted by molar-refractivity contribution is 8.01. The fraction of sp³-hybridized carbons (Fsp3) is 0.158. The van der Waals surface area contributed by atoms with Crippen molar-refractivity contribution in [3.8, 4) is 11.5 Å². The minimum absolute atomic E-state index is 0.120. The van der Waals surface area contributed by atoms with Crippen molar-refractivity contribution in [1.82, 2.24) is 10.2 Å². The fourth-order valence-electron chi connectivity index (χ4n) is 2.53. The highest BCUT2D eigenvalue weighted by atomic mass is 32.2. The van der Waals surface area contributed by atoms with Gasteiger partial charge in [0, 0.05) is 17.3 Å². The number of hydrogen-bond acceptors (Lipinski definition) is 8. The van der Waals surface area contributed by atoms with Gasteiger partial charge in [0.15, 0.2) is 15.8 Å². The van der Waals surface area contributed by atoms with Gasteiger partial charge in [0.2, 0.25) is 11.0 Å². The second kappa shape index (κ2) is 9.09. The Balaban J connectivity index is 1.28. The topological polar surface area (TPSA) is 102 Å². The number of thioether (sulfide) groups is 1. The van der Waals surface area contributed by atoms with Crippen molar-refractivity contribution in [2.75, 3.05) is 29.6 Å². The Labute approximate surface area is 178 Å². The molecule has 2 amide bonds. The monoisotopic (exact) mass is 446 g/mol. The highest BCUT2D eigenvalue weighted by Crippen LogP contribution is 2.33. The number of anilines is 2. The van der Waals surface area contributed by atoms with Gasteiger partial charge in [-0.1, -0.05) is 23.1 Å². The minimum atomic E-state index is -0.421. The van der Waals surface area contributed by atoms with Gasteiger partial charge in [-0.15, -0.1) is 10.2 Å². The fourth-order valence-corrected chi connectivity index (χ4v) is 4.08. The number of aromatic nitrogens is 2. The quantitative estimate of drug-likeness (QED) is 0.442. The summed E-state index contributed by atoms with van der Waals surface area (Å²) in [6.45, 7) is 0.973.